The maximum absolute atomic E-state index is 5.67. The summed E-state index contributed by atoms with van der Waals surface area (Å²) < 4.78 is 5.67. The second kappa shape index (κ2) is 22.2. The molecule has 6 aromatic rings. The summed E-state index contributed by atoms with van der Waals surface area (Å²) in [4.78, 5) is 0. The molecule has 300 valence electrons. The normalized spacial score (nSPS) is 11.5. The standard InChI is InChI=1S/2C20H21.C11H24OSi.2ClH.Zr/c2*1-14-12-16-6-5-7-18(19(16)13-14)15-8-10-17(11-9-15)20(2,3)4;1-11(2,3)12-9-7-5-6-8-10-13-4;;;/h2*5-13H,1-4H3;5-10H2,1-4H3;2*1H;/q2*-1;;;;+2/p-2. The summed E-state index contributed by atoms with van der Waals surface area (Å²) in [7, 11) is 0. The quantitative estimate of drug-likeness (QED) is 0.0801. The van der Waals surface area contributed by atoms with Crippen LogP contribution in [-0.4, -0.2) is 17.6 Å². The molecule has 5 heteroatoms. The van der Waals surface area contributed by atoms with Gasteiger partial charge < -0.3 is 24.8 Å². The first-order valence-electron chi connectivity index (χ1n) is 20.0. The van der Waals surface area contributed by atoms with Crippen LogP contribution in [0.15, 0.2) is 109 Å². The molecule has 0 saturated heterocycles. The van der Waals surface area contributed by atoms with E-state index < -0.39 is 0 Å². The molecule has 0 bridgehead atoms. The second-order valence-electron chi connectivity index (χ2n) is 18.2. The van der Waals surface area contributed by atoms with E-state index in [0.717, 1.165) is 6.61 Å². The number of rotatable bonds is 9. The Morgan fingerprint density at radius 1 is 0.554 bits per heavy atom. The molecule has 56 heavy (non-hydrogen) atoms. The maximum atomic E-state index is 5.67. The summed E-state index contributed by atoms with van der Waals surface area (Å²) in [6, 6.07) is 41.7. The van der Waals surface area contributed by atoms with E-state index in [4.69, 9.17) is 4.74 Å². The van der Waals surface area contributed by atoms with Crippen LogP contribution in [0.3, 0.4) is 0 Å². The van der Waals surface area contributed by atoms with E-state index in [0.29, 0.717) is 0 Å². The third-order valence-electron chi connectivity index (χ3n) is 9.90. The summed E-state index contributed by atoms with van der Waals surface area (Å²) in [5.74, 6) is 0. The zero-order chi connectivity index (χ0) is 39.7. The van der Waals surface area contributed by atoms with Crippen LogP contribution < -0.4 is 24.8 Å². The van der Waals surface area contributed by atoms with Crippen LogP contribution >= 0.6 is 0 Å². The van der Waals surface area contributed by atoms with Gasteiger partial charge in [0.05, 0.1) is 0 Å². The van der Waals surface area contributed by atoms with Crippen molar-refractivity contribution in [2.45, 2.75) is 131 Å². The Labute approximate surface area is 368 Å². The largest absolute Gasteiger partial charge is 1.00 e. The Bertz CT molecular complexity index is 1950. The molecule has 0 saturated carbocycles. The van der Waals surface area contributed by atoms with Crippen molar-refractivity contribution in [3.8, 4) is 22.3 Å². The molecule has 1 nitrogen and oxygen atoms in total. The number of halogens is 2. The van der Waals surface area contributed by atoms with Crippen molar-refractivity contribution in [2.24, 2.45) is 0 Å². The van der Waals surface area contributed by atoms with Gasteiger partial charge in [0.1, 0.15) is 0 Å². The predicted octanol–water partition coefficient (Wildman–Crippen LogP) is 9.20. The number of unbranched alkanes of at least 4 members (excludes halogenated alkanes) is 3. The van der Waals surface area contributed by atoms with Crippen molar-refractivity contribution in [1.82, 2.24) is 0 Å². The fourth-order valence-corrected chi connectivity index (χ4v) is 8.88. The summed E-state index contributed by atoms with van der Waals surface area (Å²) in [5, 5.41) is 5.38. The molecule has 0 spiro atoms. The molecule has 0 aliphatic carbocycles. The SMILES string of the molecule is C[Si](=[Zr+2])CCCCCCOC(C)(C)C.Cc1cc2c(-c3ccc(C(C)(C)C)cc3)cccc2[cH-]1.Cc1cc2c(-c3ccc(C(C)(C)C)cc3)cccc2[cH-]1.[Cl-].[Cl-]. The van der Waals surface area contributed by atoms with Crippen LogP contribution in [0, 0.1) is 13.8 Å². The van der Waals surface area contributed by atoms with E-state index in [-0.39, 0.29) is 46.7 Å². The second-order valence-corrected chi connectivity index (χ2v) is 26.6. The molecule has 0 aromatic heterocycles. The Morgan fingerprint density at radius 3 is 1.30 bits per heavy atom. The van der Waals surface area contributed by atoms with Crippen molar-refractivity contribution in [1.29, 1.82) is 0 Å². The summed E-state index contributed by atoms with van der Waals surface area (Å²) >= 11 is 1.79. The Balaban J connectivity index is 0.000000291. The fourth-order valence-electron chi connectivity index (χ4n) is 6.80. The number of hydrogen-bond donors (Lipinski definition) is 0. The van der Waals surface area contributed by atoms with Gasteiger partial charge in [-0.15, -0.1) is 69.1 Å². The van der Waals surface area contributed by atoms with Crippen LogP contribution in [0.2, 0.25) is 12.6 Å². The minimum absolute atomic E-state index is 0. The molecule has 0 radical (unpaired) electrons. The average molecular weight is 885 g/mol. The van der Waals surface area contributed by atoms with E-state index in [1.54, 1.807) is 23.3 Å². The van der Waals surface area contributed by atoms with Crippen molar-refractivity contribution in [3.63, 3.8) is 0 Å². The van der Waals surface area contributed by atoms with Crippen molar-refractivity contribution < 1.29 is 52.9 Å². The first-order chi connectivity index (χ1) is 25.3. The number of benzene rings is 4. The van der Waals surface area contributed by atoms with Gasteiger partial charge in [-0.25, -0.2) is 0 Å². The summed E-state index contributed by atoms with van der Waals surface area (Å²) in [5.41, 5.74) is 11.3. The zero-order valence-corrected chi connectivity index (χ0v) is 41.3. The van der Waals surface area contributed by atoms with Gasteiger partial charge in [0.15, 0.2) is 0 Å². The third-order valence-corrected chi connectivity index (χ3v) is 12.8. The van der Waals surface area contributed by atoms with Gasteiger partial charge in [-0.2, -0.15) is 12.1 Å². The van der Waals surface area contributed by atoms with Crippen molar-refractivity contribution in [2.75, 3.05) is 6.61 Å². The maximum Gasteiger partial charge on any atom is -0.0132 e. The van der Waals surface area contributed by atoms with Gasteiger partial charge in [0, 0.05) is 0 Å². The molecule has 0 aliphatic heterocycles. The number of hydrogen-bond acceptors (Lipinski definition) is 1. The minimum Gasteiger partial charge on any atom is -1.00 e. The minimum atomic E-state index is 0. The summed E-state index contributed by atoms with van der Waals surface area (Å²) in [6.45, 7) is 27.6. The monoisotopic (exact) mass is 882 g/mol. The van der Waals surface area contributed by atoms with Gasteiger partial charge in [-0.1, -0.05) is 127 Å². The third kappa shape index (κ3) is 15.5. The van der Waals surface area contributed by atoms with E-state index in [1.807, 2.05) is 0 Å². The molecular formula is C51H66Cl2OSiZr-2. The number of aryl methyl sites for hydroxylation is 2. The Hall–Kier alpha value is -2.26. The molecule has 6 aromatic carbocycles. The van der Waals surface area contributed by atoms with Gasteiger partial charge >= 0.3 is 105 Å². The van der Waals surface area contributed by atoms with E-state index >= 15 is 0 Å². The van der Waals surface area contributed by atoms with Crippen molar-refractivity contribution >= 4 is 27.0 Å². The average Bonchev–Trinajstić information content (AvgIpc) is 3.68. The Kier molecular flexibility index (Phi) is 19.8. The topological polar surface area (TPSA) is 9.23 Å². The van der Waals surface area contributed by atoms with Gasteiger partial charge in [0.25, 0.3) is 0 Å². The Morgan fingerprint density at radius 2 is 0.946 bits per heavy atom. The van der Waals surface area contributed by atoms with Gasteiger partial charge in [0.2, 0.25) is 0 Å². The molecule has 0 heterocycles. The number of ether oxygens (including phenoxy) is 1. The molecule has 6 rings (SSSR count). The van der Waals surface area contributed by atoms with Crippen molar-refractivity contribution in [3.05, 3.63) is 131 Å². The summed E-state index contributed by atoms with van der Waals surface area (Å²) in [6.07, 6.45) is 5.44. The van der Waals surface area contributed by atoms with E-state index in [9.17, 15) is 0 Å². The smallest absolute Gasteiger partial charge is 0.0132 e. The molecule has 0 N–H and O–H groups in total. The molecular weight excluding hydrogens is 819 g/mol. The molecule has 0 atom stereocenters. The van der Waals surface area contributed by atoms with Gasteiger partial charge in [-0.3, -0.25) is 0 Å². The molecule has 0 unspecified atom stereocenters. The van der Waals surface area contributed by atoms with Crippen LogP contribution in [0.1, 0.15) is 110 Å². The van der Waals surface area contributed by atoms with Gasteiger partial charge in [-0.05, 0) is 33.1 Å². The van der Waals surface area contributed by atoms with Crippen LogP contribution in [0.25, 0.3) is 43.8 Å². The fraction of sp³-hybridized carbons (Fsp3) is 0.412. The first kappa shape index (κ1) is 49.9. The molecule has 0 aliphatic rings. The zero-order valence-electron chi connectivity index (χ0n) is 36.3. The van der Waals surface area contributed by atoms with E-state index in [2.05, 4.69) is 192 Å². The first-order valence-corrected chi connectivity index (χ1v) is 25.9. The van der Waals surface area contributed by atoms with E-state index in [1.165, 1.54) is 97.8 Å². The molecule has 0 amide bonds. The number of fused-ring (bicyclic) bond motifs is 2. The molecule has 0 fully saturated rings. The van der Waals surface area contributed by atoms with Crippen LogP contribution in [0.5, 0.6) is 0 Å². The van der Waals surface area contributed by atoms with Crippen LogP contribution in [0.4, 0.5) is 0 Å². The van der Waals surface area contributed by atoms with Crippen LogP contribution in [-0.2, 0) is 38.9 Å². The predicted molar refractivity (Wildman–Crippen MR) is 237 cm³/mol.